The van der Waals surface area contributed by atoms with Crippen LogP contribution >= 0.6 is 0 Å². The first-order chi connectivity index (χ1) is 12.8. The minimum atomic E-state index is -0.296. The number of carbonyl (C=O) groups excluding carboxylic acids is 1. The van der Waals surface area contributed by atoms with Crippen molar-refractivity contribution in [2.24, 2.45) is 0 Å². The number of likely N-dealkylation sites (tertiary alicyclic amines) is 1. The lowest BCUT2D eigenvalue weighted by atomic mass is 9.78. The molecule has 6 nitrogen and oxygen atoms in total. The molecular formula is C20H30N4O2. The van der Waals surface area contributed by atoms with Crippen LogP contribution in [0, 0.1) is 0 Å². The number of piperidine rings is 1. The number of hydrogen-bond acceptors (Lipinski definition) is 5. The first-order valence-electron chi connectivity index (χ1n) is 10.2. The molecule has 3 heterocycles. The van der Waals surface area contributed by atoms with Gasteiger partial charge in [-0.05, 0) is 31.7 Å². The standard InChI is InChI=1S/C20H30N4O2/c25-19(20(7-2-1-3-8-20)24-11-13-26-14-12-24)23-10-4-5-17(15-23)18-6-9-21-16-22-18/h6,9,16-17H,1-5,7-8,10-15H2. The topological polar surface area (TPSA) is 58.6 Å². The molecule has 0 spiro atoms. The molecule has 26 heavy (non-hydrogen) atoms. The molecule has 2 saturated heterocycles. The monoisotopic (exact) mass is 358 g/mol. The summed E-state index contributed by atoms with van der Waals surface area (Å²) in [7, 11) is 0. The van der Waals surface area contributed by atoms with Crippen LogP contribution in [0.3, 0.4) is 0 Å². The van der Waals surface area contributed by atoms with E-state index in [1.54, 1.807) is 12.5 Å². The summed E-state index contributed by atoms with van der Waals surface area (Å²) in [6, 6.07) is 2.00. The second-order valence-electron chi connectivity index (χ2n) is 7.92. The molecule has 4 rings (SSSR count). The van der Waals surface area contributed by atoms with Crippen LogP contribution in [0.15, 0.2) is 18.6 Å². The lowest BCUT2D eigenvalue weighted by Crippen LogP contribution is -2.63. The van der Waals surface area contributed by atoms with E-state index in [1.165, 1.54) is 6.42 Å². The van der Waals surface area contributed by atoms with E-state index in [9.17, 15) is 4.79 Å². The molecular weight excluding hydrogens is 328 g/mol. The van der Waals surface area contributed by atoms with E-state index >= 15 is 0 Å². The van der Waals surface area contributed by atoms with Crippen LogP contribution in [0.1, 0.15) is 56.6 Å². The molecule has 1 amide bonds. The third kappa shape index (κ3) is 3.49. The molecule has 142 valence electrons. The summed E-state index contributed by atoms with van der Waals surface area (Å²) in [5, 5.41) is 0. The zero-order valence-electron chi connectivity index (χ0n) is 15.6. The van der Waals surface area contributed by atoms with E-state index in [4.69, 9.17) is 4.74 Å². The van der Waals surface area contributed by atoms with Crippen LogP contribution in [0.2, 0.25) is 0 Å². The van der Waals surface area contributed by atoms with E-state index in [1.807, 2.05) is 6.07 Å². The molecule has 1 aromatic heterocycles. The highest BCUT2D eigenvalue weighted by Gasteiger charge is 2.47. The van der Waals surface area contributed by atoms with Gasteiger partial charge in [0.15, 0.2) is 0 Å². The third-order valence-corrected chi connectivity index (χ3v) is 6.43. The number of amides is 1. The van der Waals surface area contributed by atoms with Crippen molar-refractivity contribution in [1.29, 1.82) is 0 Å². The van der Waals surface area contributed by atoms with Crippen molar-refractivity contribution in [3.8, 4) is 0 Å². The van der Waals surface area contributed by atoms with Crippen molar-refractivity contribution in [3.05, 3.63) is 24.3 Å². The van der Waals surface area contributed by atoms with Crippen LogP contribution in [-0.2, 0) is 9.53 Å². The van der Waals surface area contributed by atoms with Gasteiger partial charge in [0, 0.05) is 44.0 Å². The molecule has 2 aliphatic heterocycles. The van der Waals surface area contributed by atoms with Gasteiger partial charge in [-0.2, -0.15) is 0 Å². The minimum Gasteiger partial charge on any atom is -0.379 e. The van der Waals surface area contributed by atoms with E-state index in [-0.39, 0.29) is 5.54 Å². The Morgan fingerprint density at radius 2 is 1.92 bits per heavy atom. The zero-order valence-corrected chi connectivity index (χ0v) is 15.6. The Balaban J connectivity index is 1.53. The zero-order chi connectivity index (χ0) is 17.8. The lowest BCUT2D eigenvalue weighted by Gasteiger charge is -2.49. The van der Waals surface area contributed by atoms with E-state index < -0.39 is 0 Å². The molecule has 1 atom stereocenters. The molecule has 0 bridgehead atoms. The van der Waals surface area contributed by atoms with Crippen molar-refractivity contribution in [2.75, 3.05) is 39.4 Å². The highest BCUT2D eigenvalue weighted by Crippen LogP contribution is 2.37. The van der Waals surface area contributed by atoms with Crippen LogP contribution in [0.25, 0.3) is 0 Å². The molecule has 1 aromatic rings. The second-order valence-corrected chi connectivity index (χ2v) is 7.92. The summed E-state index contributed by atoms with van der Waals surface area (Å²) < 4.78 is 5.55. The van der Waals surface area contributed by atoms with Crippen molar-refractivity contribution < 1.29 is 9.53 Å². The van der Waals surface area contributed by atoms with Gasteiger partial charge < -0.3 is 9.64 Å². The van der Waals surface area contributed by atoms with Gasteiger partial charge in [-0.25, -0.2) is 9.97 Å². The average molecular weight is 358 g/mol. The number of rotatable bonds is 3. The normalized spacial score (nSPS) is 27.2. The lowest BCUT2D eigenvalue weighted by molar-refractivity contribution is -0.152. The molecule has 1 saturated carbocycles. The average Bonchev–Trinajstić information content (AvgIpc) is 2.75. The van der Waals surface area contributed by atoms with E-state index in [2.05, 4.69) is 19.8 Å². The fourth-order valence-electron chi connectivity index (χ4n) is 5.03. The van der Waals surface area contributed by atoms with Gasteiger partial charge >= 0.3 is 0 Å². The highest BCUT2D eigenvalue weighted by molar-refractivity contribution is 5.86. The van der Waals surface area contributed by atoms with Gasteiger partial charge in [0.1, 0.15) is 11.9 Å². The Labute approximate surface area is 155 Å². The largest absolute Gasteiger partial charge is 0.379 e. The predicted molar refractivity (Wildman–Crippen MR) is 98.8 cm³/mol. The predicted octanol–water partition coefficient (Wildman–Crippen LogP) is 2.22. The second kappa shape index (κ2) is 8.01. The maximum Gasteiger partial charge on any atom is 0.243 e. The molecule has 1 unspecified atom stereocenters. The van der Waals surface area contributed by atoms with Crippen molar-refractivity contribution >= 4 is 5.91 Å². The Bertz CT molecular complexity index is 597. The maximum atomic E-state index is 13.8. The van der Waals surface area contributed by atoms with Crippen LogP contribution < -0.4 is 0 Å². The van der Waals surface area contributed by atoms with E-state index in [0.717, 1.165) is 83.6 Å². The van der Waals surface area contributed by atoms with Gasteiger partial charge in [0.05, 0.1) is 13.2 Å². The van der Waals surface area contributed by atoms with Crippen LogP contribution in [0.4, 0.5) is 0 Å². The molecule has 3 aliphatic rings. The van der Waals surface area contributed by atoms with Gasteiger partial charge in [-0.1, -0.05) is 19.3 Å². The SMILES string of the molecule is O=C(N1CCCC(c2ccncn2)C1)C1(N2CCOCC2)CCCCC1. The summed E-state index contributed by atoms with van der Waals surface area (Å²) in [5.41, 5.74) is 0.775. The number of aromatic nitrogens is 2. The molecule has 0 N–H and O–H groups in total. The molecule has 0 radical (unpaired) electrons. The summed E-state index contributed by atoms with van der Waals surface area (Å²) in [6.07, 6.45) is 11.2. The molecule has 1 aliphatic carbocycles. The number of hydrogen-bond donors (Lipinski definition) is 0. The first-order valence-corrected chi connectivity index (χ1v) is 10.2. The van der Waals surface area contributed by atoms with Gasteiger partial charge in [0.2, 0.25) is 5.91 Å². The fourth-order valence-corrected chi connectivity index (χ4v) is 5.03. The van der Waals surface area contributed by atoms with Gasteiger partial charge in [-0.15, -0.1) is 0 Å². The Morgan fingerprint density at radius 1 is 1.12 bits per heavy atom. The van der Waals surface area contributed by atoms with E-state index in [0.29, 0.717) is 11.8 Å². The summed E-state index contributed by atoms with van der Waals surface area (Å²) in [4.78, 5) is 26.8. The summed E-state index contributed by atoms with van der Waals surface area (Å²) >= 11 is 0. The maximum absolute atomic E-state index is 13.8. The summed E-state index contributed by atoms with van der Waals surface area (Å²) in [5.74, 6) is 0.693. The number of morpholine rings is 1. The molecule has 0 aromatic carbocycles. The Kier molecular flexibility index (Phi) is 5.50. The number of nitrogens with zero attached hydrogens (tertiary/aromatic N) is 4. The fraction of sp³-hybridized carbons (Fsp3) is 0.750. The number of carbonyl (C=O) groups is 1. The van der Waals surface area contributed by atoms with Crippen molar-refractivity contribution in [2.45, 2.75) is 56.4 Å². The minimum absolute atomic E-state index is 0.296. The van der Waals surface area contributed by atoms with Crippen molar-refractivity contribution in [1.82, 2.24) is 19.8 Å². The third-order valence-electron chi connectivity index (χ3n) is 6.43. The highest BCUT2D eigenvalue weighted by atomic mass is 16.5. The summed E-state index contributed by atoms with van der Waals surface area (Å²) in [6.45, 7) is 4.94. The smallest absolute Gasteiger partial charge is 0.243 e. The van der Waals surface area contributed by atoms with Crippen molar-refractivity contribution in [3.63, 3.8) is 0 Å². The molecule has 3 fully saturated rings. The number of ether oxygens (including phenoxy) is 1. The first kappa shape index (κ1) is 17.9. The van der Waals surface area contributed by atoms with Gasteiger partial charge in [-0.3, -0.25) is 9.69 Å². The van der Waals surface area contributed by atoms with Crippen LogP contribution in [0.5, 0.6) is 0 Å². The van der Waals surface area contributed by atoms with Crippen LogP contribution in [-0.4, -0.2) is 70.6 Å². The van der Waals surface area contributed by atoms with Gasteiger partial charge in [0.25, 0.3) is 0 Å². The Morgan fingerprint density at radius 3 is 2.65 bits per heavy atom. The molecule has 6 heteroatoms. The Hall–Kier alpha value is -1.53. The quantitative estimate of drug-likeness (QED) is 0.829.